The van der Waals surface area contributed by atoms with Gasteiger partial charge >= 0.3 is 5.97 Å². The summed E-state index contributed by atoms with van der Waals surface area (Å²) in [7, 11) is 1.44. The molecule has 1 unspecified atom stereocenters. The summed E-state index contributed by atoms with van der Waals surface area (Å²) >= 11 is 0. The SMILES string of the molecule is COC(=O)C(C)(C)CNC(C)CCC(C)C. The van der Waals surface area contributed by atoms with E-state index in [0.29, 0.717) is 12.6 Å². The van der Waals surface area contributed by atoms with E-state index in [1.807, 2.05) is 13.8 Å². The molecule has 0 saturated heterocycles. The molecule has 0 amide bonds. The van der Waals surface area contributed by atoms with Crippen LogP contribution in [0.5, 0.6) is 0 Å². The second-order valence-corrected chi connectivity index (χ2v) is 5.63. The van der Waals surface area contributed by atoms with Gasteiger partial charge in [0.05, 0.1) is 12.5 Å². The molecule has 1 atom stereocenters. The van der Waals surface area contributed by atoms with Crippen molar-refractivity contribution in [2.24, 2.45) is 11.3 Å². The van der Waals surface area contributed by atoms with Crippen LogP contribution in [-0.2, 0) is 9.53 Å². The predicted octanol–water partition coefficient (Wildman–Crippen LogP) is 2.60. The molecule has 0 heterocycles. The maximum absolute atomic E-state index is 11.4. The summed E-state index contributed by atoms with van der Waals surface area (Å²) in [6.07, 6.45) is 2.36. The van der Waals surface area contributed by atoms with E-state index in [0.717, 1.165) is 12.3 Å². The number of carbonyl (C=O) groups excluding carboxylic acids is 1. The van der Waals surface area contributed by atoms with Gasteiger partial charge in [0.25, 0.3) is 0 Å². The number of rotatable bonds is 7. The molecule has 0 saturated carbocycles. The normalized spacial score (nSPS) is 13.9. The molecule has 0 aliphatic carbocycles. The zero-order chi connectivity index (χ0) is 12.8. The zero-order valence-electron chi connectivity index (χ0n) is 11.6. The van der Waals surface area contributed by atoms with Crippen LogP contribution in [0.1, 0.15) is 47.5 Å². The summed E-state index contributed by atoms with van der Waals surface area (Å²) in [5.74, 6) is 0.578. The van der Waals surface area contributed by atoms with Gasteiger partial charge in [-0.1, -0.05) is 13.8 Å². The number of nitrogens with one attached hydrogen (secondary N) is 1. The lowest BCUT2D eigenvalue weighted by atomic mass is 9.93. The van der Waals surface area contributed by atoms with Crippen LogP contribution in [-0.4, -0.2) is 25.7 Å². The van der Waals surface area contributed by atoms with Crippen molar-refractivity contribution in [3.63, 3.8) is 0 Å². The van der Waals surface area contributed by atoms with E-state index < -0.39 is 5.41 Å². The van der Waals surface area contributed by atoms with E-state index in [1.54, 1.807) is 0 Å². The Morgan fingerprint density at radius 1 is 1.25 bits per heavy atom. The van der Waals surface area contributed by atoms with Gasteiger partial charge in [-0.2, -0.15) is 0 Å². The summed E-state index contributed by atoms with van der Waals surface area (Å²) in [6, 6.07) is 0.450. The summed E-state index contributed by atoms with van der Waals surface area (Å²) in [6.45, 7) is 11.1. The van der Waals surface area contributed by atoms with Crippen molar-refractivity contribution in [2.45, 2.75) is 53.5 Å². The highest BCUT2D eigenvalue weighted by atomic mass is 16.5. The first-order valence-corrected chi connectivity index (χ1v) is 6.11. The van der Waals surface area contributed by atoms with Gasteiger partial charge in [-0.15, -0.1) is 0 Å². The fourth-order valence-corrected chi connectivity index (χ4v) is 1.46. The molecular formula is C13H27NO2. The molecule has 3 heteroatoms. The van der Waals surface area contributed by atoms with E-state index in [1.165, 1.54) is 13.5 Å². The third kappa shape index (κ3) is 6.11. The number of methoxy groups -OCH3 is 1. The maximum atomic E-state index is 11.4. The average molecular weight is 229 g/mol. The molecule has 3 nitrogen and oxygen atoms in total. The monoisotopic (exact) mass is 229 g/mol. The lowest BCUT2D eigenvalue weighted by Crippen LogP contribution is -2.40. The van der Waals surface area contributed by atoms with Crippen LogP contribution in [0.15, 0.2) is 0 Å². The number of hydrogen-bond donors (Lipinski definition) is 1. The Hall–Kier alpha value is -0.570. The van der Waals surface area contributed by atoms with Gasteiger partial charge in [0.1, 0.15) is 0 Å². The van der Waals surface area contributed by atoms with Gasteiger partial charge in [0.2, 0.25) is 0 Å². The summed E-state index contributed by atoms with van der Waals surface area (Å²) in [5, 5.41) is 3.39. The Kier molecular flexibility index (Phi) is 6.65. The van der Waals surface area contributed by atoms with E-state index in [-0.39, 0.29) is 5.97 Å². The highest BCUT2D eigenvalue weighted by Gasteiger charge is 2.28. The van der Waals surface area contributed by atoms with Crippen LogP contribution in [0.3, 0.4) is 0 Å². The third-order valence-corrected chi connectivity index (χ3v) is 2.81. The van der Waals surface area contributed by atoms with Crippen molar-refractivity contribution in [2.75, 3.05) is 13.7 Å². The van der Waals surface area contributed by atoms with Crippen LogP contribution in [0, 0.1) is 11.3 Å². The van der Waals surface area contributed by atoms with Crippen LogP contribution in [0.4, 0.5) is 0 Å². The summed E-state index contributed by atoms with van der Waals surface area (Å²) < 4.78 is 4.77. The highest BCUT2D eigenvalue weighted by molar-refractivity contribution is 5.76. The topological polar surface area (TPSA) is 38.3 Å². The van der Waals surface area contributed by atoms with E-state index in [2.05, 4.69) is 26.1 Å². The molecule has 0 aliphatic heterocycles. The quantitative estimate of drug-likeness (QED) is 0.682. The van der Waals surface area contributed by atoms with E-state index in [9.17, 15) is 4.79 Å². The Morgan fingerprint density at radius 2 is 1.81 bits per heavy atom. The average Bonchev–Trinajstić information content (AvgIpc) is 2.22. The van der Waals surface area contributed by atoms with Crippen LogP contribution in [0.25, 0.3) is 0 Å². The molecule has 16 heavy (non-hydrogen) atoms. The Balaban J connectivity index is 3.90. The van der Waals surface area contributed by atoms with Crippen LogP contribution < -0.4 is 5.32 Å². The number of hydrogen-bond acceptors (Lipinski definition) is 3. The standard InChI is InChI=1S/C13H27NO2/c1-10(2)7-8-11(3)14-9-13(4,5)12(15)16-6/h10-11,14H,7-9H2,1-6H3. The molecular weight excluding hydrogens is 202 g/mol. The number of ether oxygens (including phenoxy) is 1. The molecule has 0 aromatic heterocycles. The minimum Gasteiger partial charge on any atom is -0.469 e. The van der Waals surface area contributed by atoms with Crippen molar-refractivity contribution in [3.8, 4) is 0 Å². The molecule has 96 valence electrons. The van der Waals surface area contributed by atoms with E-state index >= 15 is 0 Å². The lowest BCUT2D eigenvalue weighted by Gasteiger charge is -2.24. The van der Waals surface area contributed by atoms with Crippen LogP contribution in [0.2, 0.25) is 0 Å². The minimum absolute atomic E-state index is 0.156. The summed E-state index contributed by atoms with van der Waals surface area (Å²) in [5.41, 5.74) is -0.444. The zero-order valence-corrected chi connectivity index (χ0v) is 11.6. The molecule has 0 rings (SSSR count). The van der Waals surface area contributed by atoms with Gasteiger partial charge in [-0.05, 0) is 39.5 Å². The lowest BCUT2D eigenvalue weighted by molar-refractivity contribution is -0.150. The molecule has 0 aromatic rings. The third-order valence-electron chi connectivity index (χ3n) is 2.81. The molecule has 1 N–H and O–H groups in total. The van der Waals surface area contributed by atoms with Crippen molar-refractivity contribution in [1.82, 2.24) is 5.32 Å². The molecule has 0 aromatic carbocycles. The first kappa shape index (κ1) is 15.4. The molecule has 0 radical (unpaired) electrons. The largest absolute Gasteiger partial charge is 0.469 e. The summed E-state index contributed by atoms with van der Waals surface area (Å²) in [4.78, 5) is 11.4. The smallest absolute Gasteiger partial charge is 0.312 e. The Morgan fingerprint density at radius 3 is 2.25 bits per heavy atom. The van der Waals surface area contributed by atoms with Crippen molar-refractivity contribution in [1.29, 1.82) is 0 Å². The highest BCUT2D eigenvalue weighted by Crippen LogP contribution is 2.16. The molecule has 0 fully saturated rings. The van der Waals surface area contributed by atoms with E-state index in [4.69, 9.17) is 4.74 Å². The van der Waals surface area contributed by atoms with Crippen LogP contribution >= 0.6 is 0 Å². The van der Waals surface area contributed by atoms with Crippen molar-refractivity contribution in [3.05, 3.63) is 0 Å². The maximum Gasteiger partial charge on any atom is 0.312 e. The second-order valence-electron chi connectivity index (χ2n) is 5.63. The number of carbonyl (C=O) groups is 1. The van der Waals surface area contributed by atoms with Gasteiger partial charge in [-0.3, -0.25) is 4.79 Å². The van der Waals surface area contributed by atoms with Gasteiger partial charge in [0.15, 0.2) is 0 Å². The van der Waals surface area contributed by atoms with Gasteiger partial charge in [0, 0.05) is 12.6 Å². The predicted molar refractivity (Wildman–Crippen MR) is 67.3 cm³/mol. The van der Waals surface area contributed by atoms with Crippen molar-refractivity contribution >= 4 is 5.97 Å². The fraction of sp³-hybridized carbons (Fsp3) is 0.923. The second kappa shape index (κ2) is 6.89. The molecule has 0 spiro atoms. The Bertz CT molecular complexity index is 212. The Labute approximate surface area is 99.9 Å². The van der Waals surface area contributed by atoms with Gasteiger partial charge in [-0.25, -0.2) is 0 Å². The molecule has 0 bridgehead atoms. The first-order valence-electron chi connectivity index (χ1n) is 6.11. The molecule has 0 aliphatic rings. The first-order chi connectivity index (χ1) is 7.29. The fourth-order valence-electron chi connectivity index (χ4n) is 1.46. The van der Waals surface area contributed by atoms with Crippen molar-refractivity contribution < 1.29 is 9.53 Å². The minimum atomic E-state index is -0.444. The van der Waals surface area contributed by atoms with Gasteiger partial charge < -0.3 is 10.1 Å². The number of esters is 1.